The second-order valence-electron chi connectivity index (χ2n) is 14.5. The van der Waals surface area contributed by atoms with Crippen LogP contribution in [0.1, 0.15) is 16.7 Å². The van der Waals surface area contributed by atoms with Gasteiger partial charge in [-0.25, -0.2) is 4.98 Å². The molecule has 0 atom stereocenters. The van der Waals surface area contributed by atoms with E-state index in [-0.39, 0.29) is 0 Å². The maximum atomic E-state index is 5.10. The summed E-state index contributed by atoms with van der Waals surface area (Å²) in [4.78, 5) is 5.10. The van der Waals surface area contributed by atoms with E-state index < -0.39 is 0 Å². The highest BCUT2D eigenvalue weighted by molar-refractivity contribution is 6.04. The second-order valence-corrected chi connectivity index (χ2v) is 14.5. The van der Waals surface area contributed by atoms with Crippen LogP contribution >= 0.6 is 0 Å². The van der Waals surface area contributed by atoms with Gasteiger partial charge in [-0.1, -0.05) is 176 Å². The first-order valence-corrected chi connectivity index (χ1v) is 19.1. The number of benzene rings is 9. The molecule has 0 saturated carbocycles. The molecule has 1 nitrogen and oxygen atoms in total. The number of fused-ring (bicyclic) bond motifs is 4. The Balaban J connectivity index is 1.09. The van der Waals surface area contributed by atoms with E-state index in [0.29, 0.717) is 0 Å². The predicted octanol–water partition coefficient (Wildman–Crippen LogP) is 14.8. The van der Waals surface area contributed by atoms with Crippen molar-refractivity contribution in [2.75, 3.05) is 0 Å². The van der Waals surface area contributed by atoms with Gasteiger partial charge in [0.1, 0.15) is 0 Å². The topological polar surface area (TPSA) is 12.9 Å². The first kappa shape index (κ1) is 33.2. The average molecular weight is 712 g/mol. The molecule has 10 aromatic rings. The largest absolute Gasteiger partial charge is 0.248 e. The summed E-state index contributed by atoms with van der Waals surface area (Å²) in [6.07, 6.45) is 2.26. The van der Waals surface area contributed by atoms with E-state index >= 15 is 0 Å². The third kappa shape index (κ3) is 6.26. The van der Waals surface area contributed by atoms with Gasteiger partial charge in [-0.15, -0.1) is 0 Å². The van der Waals surface area contributed by atoms with Crippen LogP contribution in [0, 0.1) is 0 Å². The molecule has 56 heavy (non-hydrogen) atoms. The van der Waals surface area contributed by atoms with Gasteiger partial charge in [0.15, 0.2) is 0 Å². The lowest BCUT2D eigenvalue weighted by Crippen LogP contribution is -1.93. The normalized spacial score (nSPS) is 11.8. The summed E-state index contributed by atoms with van der Waals surface area (Å²) in [6, 6.07) is 74.0. The van der Waals surface area contributed by atoms with E-state index in [4.69, 9.17) is 4.98 Å². The van der Waals surface area contributed by atoms with Crippen LogP contribution in [0.3, 0.4) is 0 Å². The van der Waals surface area contributed by atoms with Gasteiger partial charge in [0.2, 0.25) is 0 Å². The first-order chi connectivity index (χ1) is 27.6. The van der Waals surface area contributed by atoms with E-state index in [2.05, 4.69) is 219 Å². The molecule has 0 unspecified atom stereocenters. The Hall–Kier alpha value is -7.35. The SMILES string of the molecule is C=C(/C=C(/c1ccc2ccccc2c1)c1cc(-c2ccc3ccccc3c2)c2ccccc2c1)c1ccc(-c2cc(-c3ccccc3)c3ccccc3n2)cc1. The first-order valence-electron chi connectivity index (χ1n) is 19.1. The molecule has 0 saturated heterocycles. The minimum atomic E-state index is 0.941. The van der Waals surface area contributed by atoms with Gasteiger partial charge in [0, 0.05) is 10.9 Å². The number of para-hydroxylation sites is 1. The molecule has 0 fully saturated rings. The van der Waals surface area contributed by atoms with Gasteiger partial charge < -0.3 is 0 Å². The summed E-state index contributed by atoms with van der Waals surface area (Å²) in [6.45, 7) is 4.66. The number of pyridine rings is 1. The Bertz CT molecular complexity index is 3130. The molecule has 0 spiro atoms. The molecule has 0 aliphatic heterocycles. The van der Waals surface area contributed by atoms with Crippen LogP contribution in [0.15, 0.2) is 219 Å². The van der Waals surface area contributed by atoms with Crippen LogP contribution in [0.5, 0.6) is 0 Å². The maximum absolute atomic E-state index is 5.10. The van der Waals surface area contributed by atoms with Crippen LogP contribution in [0.2, 0.25) is 0 Å². The van der Waals surface area contributed by atoms with Gasteiger partial charge in [-0.3, -0.25) is 0 Å². The third-order valence-electron chi connectivity index (χ3n) is 11.0. The molecular weight excluding hydrogens is 675 g/mol. The van der Waals surface area contributed by atoms with Crippen LogP contribution in [0.4, 0.5) is 0 Å². The number of rotatable bonds is 7. The smallest absolute Gasteiger partial charge is 0.0715 e. The summed E-state index contributed by atoms with van der Waals surface area (Å²) < 4.78 is 0. The Morgan fingerprint density at radius 3 is 1.70 bits per heavy atom. The van der Waals surface area contributed by atoms with Gasteiger partial charge in [0.05, 0.1) is 11.2 Å². The summed E-state index contributed by atoms with van der Waals surface area (Å²) in [5.74, 6) is 0. The lowest BCUT2D eigenvalue weighted by atomic mass is 9.88. The number of nitrogens with zero attached hydrogens (tertiary/aromatic N) is 1. The Morgan fingerprint density at radius 2 is 0.929 bits per heavy atom. The molecule has 0 amide bonds. The van der Waals surface area contributed by atoms with Crippen molar-refractivity contribution in [1.82, 2.24) is 4.98 Å². The molecule has 9 aromatic carbocycles. The molecule has 262 valence electrons. The van der Waals surface area contributed by atoms with Crippen molar-refractivity contribution in [1.29, 1.82) is 0 Å². The lowest BCUT2D eigenvalue weighted by Gasteiger charge is -2.16. The van der Waals surface area contributed by atoms with E-state index in [0.717, 1.165) is 50.0 Å². The zero-order valence-corrected chi connectivity index (χ0v) is 30.9. The van der Waals surface area contributed by atoms with Gasteiger partial charge in [-0.05, 0) is 125 Å². The zero-order valence-electron chi connectivity index (χ0n) is 30.9. The van der Waals surface area contributed by atoms with Crippen LogP contribution in [-0.4, -0.2) is 4.98 Å². The Kier molecular flexibility index (Phi) is 8.39. The molecule has 10 rings (SSSR count). The monoisotopic (exact) mass is 711 g/mol. The number of aromatic nitrogens is 1. The van der Waals surface area contributed by atoms with Crippen molar-refractivity contribution in [3.63, 3.8) is 0 Å². The molecule has 0 aliphatic rings. The van der Waals surface area contributed by atoms with Crippen LogP contribution < -0.4 is 0 Å². The van der Waals surface area contributed by atoms with Crippen molar-refractivity contribution in [3.05, 3.63) is 236 Å². The van der Waals surface area contributed by atoms with Crippen LogP contribution in [0.25, 0.3) is 87.9 Å². The van der Waals surface area contributed by atoms with Crippen molar-refractivity contribution >= 4 is 54.4 Å². The molecule has 0 bridgehead atoms. The third-order valence-corrected chi connectivity index (χ3v) is 11.0. The van der Waals surface area contributed by atoms with E-state index in [9.17, 15) is 0 Å². The predicted molar refractivity (Wildman–Crippen MR) is 240 cm³/mol. The van der Waals surface area contributed by atoms with E-state index in [1.165, 1.54) is 54.6 Å². The number of allylic oxidation sites excluding steroid dienone is 2. The molecule has 0 aliphatic carbocycles. The van der Waals surface area contributed by atoms with E-state index in [1.54, 1.807) is 0 Å². The summed E-state index contributed by atoms with van der Waals surface area (Å²) in [5.41, 5.74) is 13.2. The average Bonchev–Trinajstić information content (AvgIpc) is 3.27. The van der Waals surface area contributed by atoms with E-state index in [1.807, 2.05) is 0 Å². The molecule has 1 heteroatoms. The summed E-state index contributed by atoms with van der Waals surface area (Å²) in [5, 5.41) is 8.48. The molecule has 1 aromatic heterocycles. The van der Waals surface area contributed by atoms with Crippen LogP contribution in [-0.2, 0) is 0 Å². The fraction of sp³-hybridized carbons (Fsp3) is 0. The molecular formula is C55H37N. The minimum Gasteiger partial charge on any atom is -0.248 e. The highest BCUT2D eigenvalue weighted by atomic mass is 14.7. The Labute approximate surface area is 327 Å². The maximum Gasteiger partial charge on any atom is 0.0715 e. The number of hydrogen-bond donors (Lipinski definition) is 0. The quantitative estimate of drug-likeness (QED) is 0.150. The summed E-state index contributed by atoms with van der Waals surface area (Å²) in [7, 11) is 0. The van der Waals surface area contributed by atoms with Crippen molar-refractivity contribution in [2.24, 2.45) is 0 Å². The summed E-state index contributed by atoms with van der Waals surface area (Å²) >= 11 is 0. The fourth-order valence-corrected chi connectivity index (χ4v) is 8.04. The zero-order chi connectivity index (χ0) is 37.4. The van der Waals surface area contributed by atoms with Crippen molar-refractivity contribution < 1.29 is 0 Å². The highest BCUT2D eigenvalue weighted by Crippen LogP contribution is 2.38. The fourth-order valence-electron chi connectivity index (χ4n) is 8.04. The molecule has 0 radical (unpaired) electrons. The van der Waals surface area contributed by atoms with Gasteiger partial charge in [0.25, 0.3) is 0 Å². The van der Waals surface area contributed by atoms with Gasteiger partial charge in [-0.2, -0.15) is 0 Å². The standard InChI is InChI=1S/C55H37N/c1-37(38-23-27-42(28-24-38)55-36-53(41-15-3-2-4-16-41)50-21-11-12-22-54(50)56-55)31-51(46-29-25-39-13-5-7-17-43(39)32-46)48-34-45-19-9-10-20-49(45)52(35-48)47-30-26-40-14-6-8-18-44(40)33-47/h2-36H,1H2/b51-31-. The Morgan fingerprint density at radius 1 is 0.375 bits per heavy atom. The van der Waals surface area contributed by atoms with Crippen molar-refractivity contribution in [3.8, 4) is 33.5 Å². The lowest BCUT2D eigenvalue weighted by molar-refractivity contribution is 1.39. The molecule has 1 heterocycles. The number of hydrogen-bond acceptors (Lipinski definition) is 1. The van der Waals surface area contributed by atoms with Crippen molar-refractivity contribution in [2.45, 2.75) is 0 Å². The highest BCUT2D eigenvalue weighted by Gasteiger charge is 2.15. The molecule has 0 N–H and O–H groups in total. The van der Waals surface area contributed by atoms with Gasteiger partial charge >= 0.3 is 0 Å². The minimum absolute atomic E-state index is 0.941. The second kappa shape index (κ2) is 14.1.